The van der Waals surface area contributed by atoms with E-state index in [1.807, 2.05) is 13.0 Å². The second-order valence-corrected chi connectivity index (χ2v) is 5.80. The van der Waals surface area contributed by atoms with E-state index in [1.54, 1.807) is 0 Å². The molecule has 0 bridgehead atoms. The van der Waals surface area contributed by atoms with Crippen molar-refractivity contribution in [3.63, 3.8) is 0 Å². The molecule has 0 unspecified atom stereocenters. The highest BCUT2D eigenvalue weighted by molar-refractivity contribution is 5.39. The minimum absolute atomic E-state index is 0.0827. The van der Waals surface area contributed by atoms with Crippen LogP contribution < -0.4 is 0 Å². The van der Waals surface area contributed by atoms with Crippen LogP contribution in [0.5, 0.6) is 0 Å². The summed E-state index contributed by atoms with van der Waals surface area (Å²) in [5, 5.41) is 0. The molecule has 1 aromatic rings. The van der Waals surface area contributed by atoms with Crippen molar-refractivity contribution in [3.05, 3.63) is 47.5 Å². The molecule has 0 atom stereocenters. The summed E-state index contributed by atoms with van der Waals surface area (Å²) in [5.41, 5.74) is 0.616. The lowest BCUT2D eigenvalue weighted by molar-refractivity contribution is 0.365. The molecule has 1 aliphatic carbocycles. The minimum atomic E-state index is -0.536. The lowest BCUT2D eigenvalue weighted by atomic mass is 9.82. The number of benzene rings is 1. The molecule has 1 fully saturated rings. The molecule has 0 radical (unpaired) electrons. The molecular weight excluding hydrogens is 266 g/mol. The van der Waals surface area contributed by atoms with Gasteiger partial charge in [0.15, 0.2) is 0 Å². The van der Waals surface area contributed by atoms with Crippen LogP contribution in [-0.4, -0.2) is 0 Å². The maximum Gasteiger partial charge on any atom is 0.142 e. The SMILES string of the molecule is C=C[C@H]1CC[C@H](C#Cc2c(F)cc(CCC)cc2F)CC1. The fourth-order valence-electron chi connectivity index (χ4n) is 2.85. The Hall–Kier alpha value is -1.62. The molecule has 112 valence electrons. The van der Waals surface area contributed by atoms with Gasteiger partial charge in [0.2, 0.25) is 0 Å². The van der Waals surface area contributed by atoms with Crippen LogP contribution in [0.1, 0.15) is 50.2 Å². The van der Waals surface area contributed by atoms with Gasteiger partial charge < -0.3 is 0 Å². The van der Waals surface area contributed by atoms with Crippen LogP contribution in [0, 0.1) is 35.3 Å². The van der Waals surface area contributed by atoms with E-state index in [4.69, 9.17) is 0 Å². The average molecular weight is 288 g/mol. The van der Waals surface area contributed by atoms with Crippen LogP contribution >= 0.6 is 0 Å². The van der Waals surface area contributed by atoms with E-state index >= 15 is 0 Å². The molecule has 0 N–H and O–H groups in total. The lowest BCUT2D eigenvalue weighted by Gasteiger charge is -2.22. The van der Waals surface area contributed by atoms with Crippen molar-refractivity contribution >= 4 is 0 Å². The monoisotopic (exact) mass is 288 g/mol. The first kappa shape index (κ1) is 15.8. The molecule has 0 saturated heterocycles. The van der Waals surface area contributed by atoms with Crippen LogP contribution in [-0.2, 0) is 6.42 Å². The first-order chi connectivity index (χ1) is 10.1. The molecule has 1 aromatic carbocycles. The Morgan fingerprint density at radius 2 is 1.81 bits per heavy atom. The average Bonchev–Trinajstić information content (AvgIpc) is 2.47. The topological polar surface area (TPSA) is 0 Å². The van der Waals surface area contributed by atoms with Crippen molar-refractivity contribution < 1.29 is 8.78 Å². The Kier molecular flexibility index (Phi) is 5.56. The summed E-state index contributed by atoms with van der Waals surface area (Å²) < 4.78 is 27.9. The molecule has 0 spiro atoms. The summed E-state index contributed by atoms with van der Waals surface area (Å²) in [6, 6.07) is 2.82. The van der Waals surface area contributed by atoms with Crippen LogP contribution in [0.15, 0.2) is 24.8 Å². The van der Waals surface area contributed by atoms with Crippen LogP contribution in [0.4, 0.5) is 8.78 Å². The second-order valence-electron chi connectivity index (χ2n) is 5.80. The lowest BCUT2D eigenvalue weighted by Crippen LogP contribution is -2.11. The zero-order valence-corrected chi connectivity index (χ0v) is 12.6. The Morgan fingerprint density at radius 1 is 1.19 bits per heavy atom. The van der Waals surface area contributed by atoms with Gasteiger partial charge in [-0.25, -0.2) is 8.78 Å². The van der Waals surface area contributed by atoms with Crippen molar-refractivity contribution in [1.82, 2.24) is 0 Å². The standard InChI is InChI=1S/C19H22F2/c1-3-5-16-12-18(20)17(19(21)13-16)11-10-15-8-6-14(4-2)7-9-15/h4,12-15H,2-3,5-9H2,1H3/t14-,15-. The summed E-state index contributed by atoms with van der Waals surface area (Å²) in [6.45, 7) is 5.80. The first-order valence-electron chi connectivity index (χ1n) is 7.76. The molecule has 0 aromatic heterocycles. The molecular formula is C19H22F2. The zero-order chi connectivity index (χ0) is 15.2. The molecule has 1 aliphatic rings. The van der Waals surface area contributed by atoms with E-state index in [2.05, 4.69) is 18.4 Å². The first-order valence-corrected chi connectivity index (χ1v) is 7.76. The van der Waals surface area contributed by atoms with Gasteiger partial charge in [0, 0.05) is 5.92 Å². The summed E-state index contributed by atoms with van der Waals surface area (Å²) >= 11 is 0. The minimum Gasteiger partial charge on any atom is -0.206 e. The van der Waals surface area contributed by atoms with Crippen molar-refractivity contribution in [2.45, 2.75) is 45.4 Å². The van der Waals surface area contributed by atoms with Crippen molar-refractivity contribution in [3.8, 4) is 11.8 Å². The maximum absolute atomic E-state index is 13.9. The van der Waals surface area contributed by atoms with Gasteiger partial charge in [-0.15, -0.1) is 6.58 Å². The quantitative estimate of drug-likeness (QED) is 0.525. The van der Waals surface area contributed by atoms with Crippen LogP contribution in [0.25, 0.3) is 0 Å². The largest absolute Gasteiger partial charge is 0.206 e. The van der Waals surface area contributed by atoms with E-state index in [9.17, 15) is 8.78 Å². The molecule has 21 heavy (non-hydrogen) atoms. The smallest absolute Gasteiger partial charge is 0.142 e. The van der Waals surface area contributed by atoms with E-state index in [-0.39, 0.29) is 11.5 Å². The van der Waals surface area contributed by atoms with Gasteiger partial charge in [0.25, 0.3) is 0 Å². The van der Waals surface area contributed by atoms with Crippen LogP contribution in [0.2, 0.25) is 0 Å². The molecule has 0 aliphatic heterocycles. The van der Waals surface area contributed by atoms with Gasteiger partial charge in [-0.1, -0.05) is 31.3 Å². The third-order valence-corrected chi connectivity index (χ3v) is 4.15. The number of halogens is 2. The second kappa shape index (κ2) is 7.41. The predicted molar refractivity (Wildman–Crippen MR) is 82.9 cm³/mol. The highest BCUT2D eigenvalue weighted by Crippen LogP contribution is 2.29. The van der Waals surface area contributed by atoms with Gasteiger partial charge in [-0.3, -0.25) is 0 Å². The highest BCUT2D eigenvalue weighted by Gasteiger charge is 2.17. The van der Waals surface area contributed by atoms with Gasteiger partial charge in [0.05, 0.1) is 5.56 Å². The number of aryl methyl sites for hydroxylation is 1. The Labute approximate surface area is 126 Å². The van der Waals surface area contributed by atoms with E-state index in [1.165, 1.54) is 12.1 Å². The van der Waals surface area contributed by atoms with E-state index in [0.717, 1.165) is 32.1 Å². The molecule has 2 rings (SSSR count). The van der Waals surface area contributed by atoms with Gasteiger partial charge >= 0.3 is 0 Å². The Balaban J connectivity index is 2.10. The molecule has 0 amide bonds. The number of hydrogen-bond donors (Lipinski definition) is 0. The third-order valence-electron chi connectivity index (χ3n) is 4.15. The Morgan fingerprint density at radius 3 is 2.33 bits per heavy atom. The maximum atomic E-state index is 13.9. The number of hydrogen-bond acceptors (Lipinski definition) is 0. The third kappa shape index (κ3) is 4.17. The fraction of sp³-hybridized carbons (Fsp3) is 0.474. The van der Waals surface area contributed by atoms with Gasteiger partial charge in [-0.05, 0) is 55.7 Å². The normalized spacial score (nSPS) is 21.5. The summed E-state index contributed by atoms with van der Waals surface area (Å²) in [5.74, 6) is 5.53. The van der Waals surface area contributed by atoms with Gasteiger partial charge in [-0.2, -0.15) is 0 Å². The van der Waals surface area contributed by atoms with Crippen molar-refractivity contribution in [2.24, 2.45) is 11.8 Å². The molecule has 2 heteroatoms. The van der Waals surface area contributed by atoms with Crippen molar-refractivity contribution in [1.29, 1.82) is 0 Å². The fourth-order valence-corrected chi connectivity index (χ4v) is 2.85. The summed E-state index contributed by atoms with van der Waals surface area (Å²) in [4.78, 5) is 0. The van der Waals surface area contributed by atoms with E-state index in [0.29, 0.717) is 17.9 Å². The predicted octanol–water partition coefficient (Wildman–Crippen LogP) is 5.26. The molecule has 0 nitrogen and oxygen atoms in total. The number of allylic oxidation sites excluding steroid dienone is 1. The van der Waals surface area contributed by atoms with Gasteiger partial charge in [0.1, 0.15) is 11.6 Å². The van der Waals surface area contributed by atoms with E-state index < -0.39 is 11.6 Å². The van der Waals surface area contributed by atoms with Crippen LogP contribution in [0.3, 0.4) is 0 Å². The molecule has 1 saturated carbocycles. The number of rotatable bonds is 3. The summed E-state index contributed by atoms with van der Waals surface area (Å²) in [6.07, 6.45) is 7.67. The zero-order valence-electron chi connectivity index (χ0n) is 12.6. The highest BCUT2D eigenvalue weighted by atomic mass is 19.1. The van der Waals surface area contributed by atoms with Crippen molar-refractivity contribution in [2.75, 3.05) is 0 Å². The Bertz CT molecular complexity index is 532. The summed E-state index contributed by atoms with van der Waals surface area (Å²) in [7, 11) is 0. The molecule has 0 heterocycles.